The summed E-state index contributed by atoms with van der Waals surface area (Å²) >= 11 is 4.27. The van der Waals surface area contributed by atoms with E-state index in [2.05, 4.69) is 58.2 Å². The van der Waals surface area contributed by atoms with Crippen molar-refractivity contribution < 1.29 is 0 Å². The standard InChI is InChI=1S/C12H11IN2S/c13-10-6-14-15(7-10)8-11-5-9-3-1-2-4-12(9)16-11/h1-4,6-7,11H,5,8H2. The SMILES string of the molecule is Ic1cnn(CC2Cc3ccccc3S2)c1. The van der Waals surface area contributed by atoms with Gasteiger partial charge in [0.15, 0.2) is 0 Å². The molecule has 0 amide bonds. The number of fused-ring (bicyclic) bond motifs is 1. The van der Waals surface area contributed by atoms with Crippen LogP contribution in [0.25, 0.3) is 0 Å². The molecule has 1 aliphatic rings. The van der Waals surface area contributed by atoms with Gasteiger partial charge >= 0.3 is 0 Å². The normalized spacial score (nSPS) is 18.7. The van der Waals surface area contributed by atoms with Crippen molar-refractivity contribution in [3.8, 4) is 0 Å². The number of benzene rings is 1. The number of hydrogen-bond donors (Lipinski definition) is 0. The van der Waals surface area contributed by atoms with Crippen molar-refractivity contribution >= 4 is 34.4 Å². The van der Waals surface area contributed by atoms with E-state index < -0.39 is 0 Å². The topological polar surface area (TPSA) is 17.8 Å². The largest absolute Gasteiger partial charge is 0.271 e. The third-order valence-electron chi connectivity index (χ3n) is 2.71. The zero-order valence-corrected chi connectivity index (χ0v) is 11.6. The Bertz CT molecular complexity index is 484. The van der Waals surface area contributed by atoms with Crippen LogP contribution < -0.4 is 0 Å². The molecule has 0 aliphatic carbocycles. The maximum atomic E-state index is 4.34. The van der Waals surface area contributed by atoms with Gasteiger partial charge < -0.3 is 0 Å². The first-order valence-electron chi connectivity index (χ1n) is 5.24. The molecule has 16 heavy (non-hydrogen) atoms. The fraction of sp³-hybridized carbons (Fsp3) is 0.250. The van der Waals surface area contributed by atoms with E-state index in [4.69, 9.17) is 0 Å². The lowest BCUT2D eigenvalue weighted by Crippen LogP contribution is -2.12. The lowest BCUT2D eigenvalue weighted by molar-refractivity contribution is 0.594. The minimum Gasteiger partial charge on any atom is -0.271 e. The van der Waals surface area contributed by atoms with Crippen molar-refractivity contribution in [1.82, 2.24) is 9.78 Å². The van der Waals surface area contributed by atoms with E-state index in [0.29, 0.717) is 5.25 Å². The summed E-state index contributed by atoms with van der Waals surface area (Å²) in [5.74, 6) is 0. The monoisotopic (exact) mass is 342 g/mol. The smallest absolute Gasteiger partial charge is 0.0623 e. The van der Waals surface area contributed by atoms with E-state index in [-0.39, 0.29) is 0 Å². The number of thioether (sulfide) groups is 1. The van der Waals surface area contributed by atoms with Gasteiger partial charge in [-0.05, 0) is 40.6 Å². The number of rotatable bonds is 2. The molecule has 0 fully saturated rings. The van der Waals surface area contributed by atoms with E-state index in [1.54, 1.807) is 0 Å². The van der Waals surface area contributed by atoms with Gasteiger partial charge in [-0.2, -0.15) is 5.10 Å². The van der Waals surface area contributed by atoms with Crippen LogP contribution in [0.3, 0.4) is 0 Å². The van der Waals surface area contributed by atoms with Gasteiger partial charge in [-0.25, -0.2) is 0 Å². The van der Waals surface area contributed by atoms with Crippen LogP contribution in [-0.4, -0.2) is 15.0 Å². The van der Waals surface area contributed by atoms with Gasteiger partial charge in [0, 0.05) is 16.3 Å². The van der Waals surface area contributed by atoms with Crippen LogP contribution in [0.2, 0.25) is 0 Å². The molecular formula is C12H11IN2S. The molecular weight excluding hydrogens is 331 g/mol. The van der Waals surface area contributed by atoms with Crippen molar-refractivity contribution in [3.05, 3.63) is 45.8 Å². The zero-order chi connectivity index (χ0) is 11.0. The number of aromatic nitrogens is 2. The molecule has 0 saturated carbocycles. The van der Waals surface area contributed by atoms with E-state index in [0.717, 1.165) is 13.0 Å². The molecule has 1 aromatic carbocycles. The summed E-state index contributed by atoms with van der Waals surface area (Å²) in [7, 11) is 0. The van der Waals surface area contributed by atoms with E-state index in [1.807, 2.05) is 22.6 Å². The molecule has 1 aromatic heterocycles. The fourth-order valence-corrected chi connectivity index (χ4v) is 3.76. The van der Waals surface area contributed by atoms with Crippen LogP contribution in [0.15, 0.2) is 41.6 Å². The van der Waals surface area contributed by atoms with Crippen LogP contribution >= 0.6 is 34.4 Å². The molecule has 4 heteroatoms. The second-order valence-electron chi connectivity index (χ2n) is 3.93. The highest BCUT2D eigenvalue weighted by molar-refractivity contribution is 14.1. The van der Waals surface area contributed by atoms with Crippen molar-refractivity contribution in [3.63, 3.8) is 0 Å². The predicted molar refractivity (Wildman–Crippen MR) is 74.7 cm³/mol. The quantitative estimate of drug-likeness (QED) is 0.780. The minimum atomic E-state index is 0.632. The average molecular weight is 342 g/mol. The van der Waals surface area contributed by atoms with Crippen molar-refractivity contribution in [2.45, 2.75) is 23.1 Å². The molecule has 0 radical (unpaired) electrons. The van der Waals surface area contributed by atoms with Gasteiger partial charge in [0.25, 0.3) is 0 Å². The van der Waals surface area contributed by atoms with Gasteiger partial charge in [0.1, 0.15) is 0 Å². The highest BCUT2D eigenvalue weighted by Crippen LogP contribution is 2.37. The third-order valence-corrected chi connectivity index (χ3v) is 4.56. The fourth-order valence-electron chi connectivity index (χ4n) is 2.00. The highest BCUT2D eigenvalue weighted by atomic mass is 127. The molecule has 1 aliphatic heterocycles. The Kier molecular flexibility index (Phi) is 2.93. The minimum absolute atomic E-state index is 0.632. The first-order chi connectivity index (χ1) is 7.81. The second-order valence-corrected chi connectivity index (χ2v) is 6.52. The lowest BCUT2D eigenvalue weighted by atomic mass is 10.1. The van der Waals surface area contributed by atoms with Gasteiger partial charge in [-0.15, -0.1) is 11.8 Å². The Morgan fingerprint density at radius 2 is 2.31 bits per heavy atom. The summed E-state index contributed by atoms with van der Waals surface area (Å²) in [5.41, 5.74) is 1.49. The van der Waals surface area contributed by atoms with Gasteiger partial charge in [-0.3, -0.25) is 4.68 Å². The summed E-state index contributed by atoms with van der Waals surface area (Å²) < 4.78 is 3.25. The van der Waals surface area contributed by atoms with Crippen molar-refractivity contribution in [1.29, 1.82) is 0 Å². The summed E-state index contributed by atoms with van der Waals surface area (Å²) in [6.45, 7) is 1.00. The predicted octanol–water partition coefficient (Wildman–Crippen LogP) is 3.20. The summed E-state index contributed by atoms with van der Waals surface area (Å²) in [4.78, 5) is 1.44. The maximum Gasteiger partial charge on any atom is 0.0623 e. The Morgan fingerprint density at radius 3 is 3.06 bits per heavy atom. The van der Waals surface area contributed by atoms with E-state index in [1.165, 1.54) is 14.0 Å². The Balaban J connectivity index is 1.72. The van der Waals surface area contributed by atoms with Gasteiger partial charge in [0.05, 0.1) is 16.3 Å². The molecule has 0 N–H and O–H groups in total. The second kappa shape index (κ2) is 4.41. The Hall–Kier alpha value is -0.490. The zero-order valence-electron chi connectivity index (χ0n) is 8.64. The van der Waals surface area contributed by atoms with Crippen LogP contribution in [0.5, 0.6) is 0 Å². The van der Waals surface area contributed by atoms with Gasteiger partial charge in [0.2, 0.25) is 0 Å². The molecule has 3 rings (SSSR count). The Labute approximate surface area is 113 Å². The molecule has 0 spiro atoms. The molecule has 1 unspecified atom stereocenters. The number of hydrogen-bond acceptors (Lipinski definition) is 2. The molecule has 1 atom stereocenters. The maximum absolute atomic E-state index is 4.34. The van der Waals surface area contributed by atoms with E-state index >= 15 is 0 Å². The van der Waals surface area contributed by atoms with E-state index in [9.17, 15) is 0 Å². The highest BCUT2D eigenvalue weighted by Gasteiger charge is 2.22. The summed E-state index contributed by atoms with van der Waals surface area (Å²) in [6, 6.07) is 8.69. The average Bonchev–Trinajstić information content (AvgIpc) is 2.84. The molecule has 2 nitrogen and oxygen atoms in total. The molecule has 0 bridgehead atoms. The van der Waals surface area contributed by atoms with Crippen molar-refractivity contribution in [2.24, 2.45) is 0 Å². The lowest BCUT2D eigenvalue weighted by Gasteiger charge is -2.07. The van der Waals surface area contributed by atoms with Crippen LogP contribution in [-0.2, 0) is 13.0 Å². The first-order valence-corrected chi connectivity index (χ1v) is 7.19. The molecule has 0 saturated heterocycles. The van der Waals surface area contributed by atoms with Crippen molar-refractivity contribution in [2.75, 3.05) is 0 Å². The van der Waals surface area contributed by atoms with Crippen LogP contribution in [0.1, 0.15) is 5.56 Å². The molecule has 2 heterocycles. The third kappa shape index (κ3) is 2.13. The number of halogens is 1. The molecule has 2 aromatic rings. The van der Waals surface area contributed by atoms with Gasteiger partial charge in [-0.1, -0.05) is 18.2 Å². The van der Waals surface area contributed by atoms with Crippen LogP contribution in [0, 0.1) is 3.57 Å². The Morgan fingerprint density at radius 1 is 1.44 bits per heavy atom. The number of nitrogens with zero attached hydrogens (tertiary/aromatic N) is 2. The summed E-state index contributed by atoms with van der Waals surface area (Å²) in [5, 5.41) is 4.97. The molecule has 82 valence electrons. The van der Waals surface area contributed by atoms with Crippen LogP contribution in [0.4, 0.5) is 0 Å². The summed E-state index contributed by atoms with van der Waals surface area (Å²) in [6.07, 6.45) is 5.18. The first kappa shape index (κ1) is 10.7.